The molecule has 0 saturated carbocycles. The largest absolute Gasteiger partial charge is 0.493 e. The molecule has 0 spiro atoms. The van der Waals surface area contributed by atoms with Crippen molar-refractivity contribution < 1.29 is 9.47 Å². The Labute approximate surface area is 191 Å². The van der Waals surface area contributed by atoms with Gasteiger partial charge in [-0.05, 0) is 62.4 Å². The number of halogens is 1. The van der Waals surface area contributed by atoms with Gasteiger partial charge in [0.25, 0.3) is 0 Å². The fourth-order valence-corrected chi connectivity index (χ4v) is 2.83. The van der Waals surface area contributed by atoms with E-state index in [1.807, 2.05) is 25.3 Å². The topological polar surface area (TPSA) is 67.8 Å². The van der Waals surface area contributed by atoms with E-state index in [1.54, 1.807) is 13.3 Å². The summed E-state index contributed by atoms with van der Waals surface area (Å²) in [7, 11) is 1.66. The summed E-state index contributed by atoms with van der Waals surface area (Å²) in [5, 5.41) is 6.68. The first kappa shape index (κ1) is 25.0. The van der Waals surface area contributed by atoms with Crippen molar-refractivity contribution in [2.75, 3.05) is 33.4 Å². The smallest absolute Gasteiger partial charge is 0.191 e. The summed E-state index contributed by atoms with van der Waals surface area (Å²) in [5.74, 6) is 2.43. The number of rotatable bonds is 11. The van der Waals surface area contributed by atoms with E-state index in [9.17, 15) is 0 Å². The lowest BCUT2D eigenvalue weighted by molar-refractivity contribution is 0.310. The third-order valence-electron chi connectivity index (χ3n) is 4.19. The number of hydrogen-bond donors (Lipinski definition) is 2. The molecule has 2 rings (SSSR count). The Bertz CT molecular complexity index is 726. The van der Waals surface area contributed by atoms with Gasteiger partial charge in [-0.3, -0.25) is 9.98 Å². The molecule has 7 heteroatoms. The minimum Gasteiger partial charge on any atom is -0.493 e. The number of nitrogens with zero attached hydrogens (tertiary/aromatic N) is 2. The Morgan fingerprint density at radius 1 is 1.07 bits per heavy atom. The molecule has 0 atom stereocenters. The van der Waals surface area contributed by atoms with Crippen LogP contribution in [-0.4, -0.2) is 44.3 Å². The maximum atomic E-state index is 5.65. The molecule has 1 aromatic heterocycles. The van der Waals surface area contributed by atoms with E-state index < -0.39 is 0 Å². The van der Waals surface area contributed by atoms with Crippen molar-refractivity contribution in [1.29, 1.82) is 0 Å². The number of benzene rings is 1. The van der Waals surface area contributed by atoms with Crippen LogP contribution in [-0.2, 0) is 12.8 Å². The second-order valence-electron chi connectivity index (χ2n) is 6.32. The Hall–Kier alpha value is -2.03. The van der Waals surface area contributed by atoms with Crippen LogP contribution in [0.25, 0.3) is 0 Å². The fraction of sp³-hybridized carbons (Fsp3) is 0.455. The molecular weight excluding hydrogens is 479 g/mol. The number of methoxy groups -OCH3 is 1. The van der Waals surface area contributed by atoms with Gasteiger partial charge in [-0.25, -0.2) is 0 Å². The molecule has 1 heterocycles. The zero-order chi connectivity index (χ0) is 20.0. The van der Waals surface area contributed by atoms with Crippen LogP contribution in [0.5, 0.6) is 11.5 Å². The highest BCUT2D eigenvalue weighted by atomic mass is 127. The van der Waals surface area contributed by atoms with Crippen molar-refractivity contribution in [2.45, 2.75) is 33.1 Å². The minimum atomic E-state index is 0. The molecule has 0 radical (unpaired) electrons. The number of ether oxygens (including phenoxy) is 2. The minimum absolute atomic E-state index is 0. The summed E-state index contributed by atoms with van der Waals surface area (Å²) in [5.41, 5.74) is 2.45. The first-order chi connectivity index (χ1) is 13.8. The molecule has 0 saturated heterocycles. The molecule has 160 valence electrons. The number of nitrogens with one attached hydrogen (secondary N) is 2. The monoisotopic (exact) mass is 512 g/mol. The van der Waals surface area contributed by atoms with E-state index in [1.165, 1.54) is 11.1 Å². The molecule has 6 nitrogen and oxygen atoms in total. The zero-order valence-corrected chi connectivity index (χ0v) is 19.9. The molecular formula is C22H33IN4O2. The third-order valence-corrected chi connectivity index (χ3v) is 4.19. The standard InChI is InChI=1S/C22H32N4O2.HI/c1-4-24-22(26-15-12-19-9-6-13-23-17-19)25-14-7-8-18-10-11-20(27-3)21(16-18)28-5-2;/h6,9-11,13,16-17H,4-5,7-8,12,14-15H2,1-3H3,(H2,24,25,26);1H. The number of aryl methyl sites for hydroxylation is 1. The van der Waals surface area contributed by atoms with Crippen LogP contribution in [0.1, 0.15) is 31.4 Å². The number of hydrogen-bond acceptors (Lipinski definition) is 4. The fourth-order valence-electron chi connectivity index (χ4n) is 2.83. The van der Waals surface area contributed by atoms with E-state index in [0.29, 0.717) is 6.61 Å². The van der Waals surface area contributed by atoms with Crippen LogP contribution >= 0.6 is 24.0 Å². The van der Waals surface area contributed by atoms with Crippen LogP contribution in [0, 0.1) is 0 Å². The summed E-state index contributed by atoms with van der Waals surface area (Å²) in [6.07, 6.45) is 6.53. The van der Waals surface area contributed by atoms with Gasteiger partial charge in [-0.1, -0.05) is 12.1 Å². The third kappa shape index (κ3) is 9.34. The second kappa shape index (κ2) is 14.9. The summed E-state index contributed by atoms with van der Waals surface area (Å²) in [6.45, 7) is 7.11. The van der Waals surface area contributed by atoms with Gasteiger partial charge in [-0.2, -0.15) is 0 Å². The maximum Gasteiger partial charge on any atom is 0.191 e. The van der Waals surface area contributed by atoms with E-state index >= 15 is 0 Å². The van der Waals surface area contributed by atoms with Gasteiger partial charge >= 0.3 is 0 Å². The van der Waals surface area contributed by atoms with E-state index in [2.05, 4.69) is 45.7 Å². The van der Waals surface area contributed by atoms with E-state index in [-0.39, 0.29) is 24.0 Å². The van der Waals surface area contributed by atoms with Crippen LogP contribution in [0.4, 0.5) is 0 Å². The first-order valence-electron chi connectivity index (χ1n) is 9.97. The van der Waals surface area contributed by atoms with Crippen LogP contribution in [0.2, 0.25) is 0 Å². The first-order valence-corrected chi connectivity index (χ1v) is 9.97. The number of aromatic nitrogens is 1. The zero-order valence-electron chi connectivity index (χ0n) is 17.6. The summed E-state index contributed by atoms with van der Waals surface area (Å²) >= 11 is 0. The molecule has 0 aliphatic carbocycles. The SMILES string of the molecule is CCNC(=NCCCc1ccc(OC)c(OCC)c1)NCCc1cccnc1.I. The van der Waals surface area contributed by atoms with Gasteiger partial charge in [-0.15, -0.1) is 24.0 Å². The van der Waals surface area contributed by atoms with Gasteiger partial charge in [0.1, 0.15) is 0 Å². The van der Waals surface area contributed by atoms with E-state index in [0.717, 1.165) is 56.4 Å². The molecule has 29 heavy (non-hydrogen) atoms. The maximum absolute atomic E-state index is 5.65. The summed E-state index contributed by atoms with van der Waals surface area (Å²) < 4.78 is 11.0. The number of pyridine rings is 1. The van der Waals surface area contributed by atoms with Gasteiger partial charge in [0.2, 0.25) is 0 Å². The summed E-state index contributed by atoms with van der Waals surface area (Å²) in [6, 6.07) is 10.2. The lowest BCUT2D eigenvalue weighted by atomic mass is 10.1. The molecule has 0 unspecified atom stereocenters. The highest BCUT2D eigenvalue weighted by Gasteiger charge is 2.05. The molecule has 0 aliphatic heterocycles. The molecule has 2 N–H and O–H groups in total. The van der Waals surface area contributed by atoms with Crippen LogP contribution in [0.3, 0.4) is 0 Å². The lowest BCUT2D eigenvalue weighted by Gasteiger charge is -2.12. The van der Waals surface area contributed by atoms with Gasteiger partial charge in [0.15, 0.2) is 17.5 Å². The second-order valence-corrected chi connectivity index (χ2v) is 6.32. The van der Waals surface area contributed by atoms with Gasteiger partial charge in [0, 0.05) is 32.0 Å². The number of aliphatic imine (C=N–C) groups is 1. The van der Waals surface area contributed by atoms with Crippen LogP contribution in [0.15, 0.2) is 47.7 Å². The van der Waals surface area contributed by atoms with Crippen molar-refractivity contribution >= 4 is 29.9 Å². The van der Waals surface area contributed by atoms with Crippen molar-refractivity contribution in [3.05, 3.63) is 53.9 Å². The summed E-state index contributed by atoms with van der Waals surface area (Å²) in [4.78, 5) is 8.82. The predicted octanol–water partition coefficient (Wildman–Crippen LogP) is 3.84. The molecule has 0 fully saturated rings. The molecule has 2 aromatic rings. The predicted molar refractivity (Wildman–Crippen MR) is 130 cm³/mol. The lowest BCUT2D eigenvalue weighted by Crippen LogP contribution is -2.38. The van der Waals surface area contributed by atoms with Gasteiger partial charge in [0.05, 0.1) is 13.7 Å². The van der Waals surface area contributed by atoms with Gasteiger partial charge < -0.3 is 20.1 Å². The molecule has 0 bridgehead atoms. The Balaban J connectivity index is 0.00000420. The average molecular weight is 512 g/mol. The molecule has 1 aromatic carbocycles. The molecule has 0 amide bonds. The van der Waals surface area contributed by atoms with Crippen molar-refractivity contribution in [3.8, 4) is 11.5 Å². The van der Waals surface area contributed by atoms with Crippen molar-refractivity contribution in [1.82, 2.24) is 15.6 Å². The number of guanidine groups is 1. The highest BCUT2D eigenvalue weighted by molar-refractivity contribution is 14.0. The average Bonchev–Trinajstić information content (AvgIpc) is 2.72. The van der Waals surface area contributed by atoms with Crippen molar-refractivity contribution in [2.24, 2.45) is 4.99 Å². The highest BCUT2D eigenvalue weighted by Crippen LogP contribution is 2.28. The Morgan fingerprint density at radius 2 is 1.93 bits per heavy atom. The quantitative estimate of drug-likeness (QED) is 0.207. The Morgan fingerprint density at radius 3 is 2.62 bits per heavy atom. The normalized spacial score (nSPS) is 10.8. The van der Waals surface area contributed by atoms with E-state index in [4.69, 9.17) is 9.47 Å². The van der Waals surface area contributed by atoms with Crippen molar-refractivity contribution in [3.63, 3.8) is 0 Å². The van der Waals surface area contributed by atoms with Crippen LogP contribution < -0.4 is 20.1 Å². The Kier molecular flexibility index (Phi) is 12.8. The molecule has 0 aliphatic rings.